The van der Waals surface area contributed by atoms with Crippen molar-refractivity contribution in [2.45, 2.75) is 102 Å². The Kier molecular flexibility index (Phi) is 10.4. The minimum Gasteiger partial charge on any atom is -0.475 e. The number of allylic oxidation sites excluding steroid dienone is 1. The first kappa shape index (κ1) is 34.3. The highest BCUT2D eigenvalue weighted by atomic mass is 32.1. The van der Waals surface area contributed by atoms with Gasteiger partial charge in [0.2, 0.25) is 11.8 Å². The van der Waals surface area contributed by atoms with Gasteiger partial charge in [0.25, 0.3) is 0 Å². The summed E-state index contributed by atoms with van der Waals surface area (Å²) >= 11 is 1.66. The molecule has 2 aromatic heterocycles. The van der Waals surface area contributed by atoms with E-state index in [9.17, 15) is 10.1 Å². The van der Waals surface area contributed by atoms with Gasteiger partial charge in [0.1, 0.15) is 24.3 Å². The number of likely N-dealkylation sites (tertiary alicyclic amines) is 1. The number of nitriles is 1. The van der Waals surface area contributed by atoms with E-state index in [0.29, 0.717) is 49.1 Å². The first-order chi connectivity index (χ1) is 22.1. The molecule has 2 saturated heterocycles. The van der Waals surface area contributed by atoms with Gasteiger partial charge in [-0.25, -0.2) is 0 Å². The number of aromatic nitrogens is 2. The number of nitrogens with two attached hydrogens (primary N) is 1. The average molecular weight is 653 g/mol. The zero-order valence-electron chi connectivity index (χ0n) is 28.6. The van der Waals surface area contributed by atoms with Gasteiger partial charge in [-0.05, 0) is 98.5 Å². The molecule has 0 radical (unpaired) electrons. The van der Waals surface area contributed by atoms with Crippen LogP contribution in [-0.2, 0) is 21.4 Å². The van der Waals surface area contributed by atoms with Gasteiger partial charge in [0, 0.05) is 22.8 Å². The maximum Gasteiger partial charge on any atom is 0.221 e. The molecule has 10 nitrogen and oxygen atoms in total. The maximum atomic E-state index is 14.5. The molecule has 2 N–H and O–H groups in total. The normalized spacial score (nSPS) is 25.6. The summed E-state index contributed by atoms with van der Waals surface area (Å²) in [6, 6.07) is 4.41. The predicted octanol–water partition coefficient (Wildman–Crippen LogP) is 5.26. The third-order valence-electron chi connectivity index (χ3n) is 10.3. The highest BCUT2D eigenvalue weighted by molar-refractivity contribution is 7.12. The lowest BCUT2D eigenvalue weighted by atomic mass is 9.61. The zero-order valence-corrected chi connectivity index (χ0v) is 29.4. The highest BCUT2D eigenvalue weighted by Crippen LogP contribution is 2.51. The van der Waals surface area contributed by atoms with Crippen molar-refractivity contribution in [2.75, 3.05) is 47.5 Å². The molecule has 2 aliphatic carbocycles. The van der Waals surface area contributed by atoms with Crippen molar-refractivity contribution in [2.24, 2.45) is 5.73 Å². The number of thiophene rings is 1. The van der Waals surface area contributed by atoms with E-state index < -0.39 is 5.41 Å². The van der Waals surface area contributed by atoms with Crippen LogP contribution < -0.4 is 15.2 Å². The van der Waals surface area contributed by atoms with Crippen LogP contribution in [0.15, 0.2) is 11.6 Å². The second-order valence-corrected chi connectivity index (χ2v) is 14.5. The molecule has 1 unspecified atom stereocenters. The molecule has 4 aliphatic rings. The van der Waals surface area contributed by atoms with E-state index in [1.54, 1.807) is 17.4 Å². The zero-order chi connectivity index (χ0) is 33.2. The molecule has 2 aromatic rings. The number of Topliss-reactive ketones (excluding diaryl/α,β-unsaturated/α-hetero) is 1. The number of rotatable bonds is 8. The van der Waals surface area contributed by atoms with Crippen molar-refractivity contribution in [1.29, 1.82) is 5.26 Å². The van der Waals surface area contributed by atoms with Crippen molar-refractivity contribution in [3.05, 3.63) is 38.3 Å². The Hall–Kier alpha value is -3.04. The predicted molar refractivity (Wildman–Crippen MR) is 182 cm³/mol. The summed E-state index contributed by atoms with van der Waals surface area (Å²) < 4.78 is 18.2. The SMILES string of the molecule is CC.Cc1sc2c(c1C#N)[C@]1(CCC/C(=C(/N)c3nc(OCC4(N(C)C)COC4)cc(O[C@@H](C)C4CCCN4C)n3)C1=O)CCC2.[HH]. The van der Waals surface area contributed by atoms with Gasteiger partial charge in [-0.15, -0.1) is 11.3 Å². The summed E-state index contributed by atoms with van der Waals surface area (Å²) in [5, 5.41) is 10.1. The second-order valence-electron chi connectivity index (χ2n) is 13.2. The number of ketones is 1. The molecule has 3 atom stereocenters. The molecule has 0 aromatic carbocycles. The molecule has 6 rings (SSSR count). The Labute approximate surface area is 279 Å². The topological polar surface area (TPSA) is 127 Å². The largest absolute Gasteiger partial charge is 0.475 e. The Bertz CT molecular complexity index is 1520. The standard InChI is InChI=1S/C33H44N6O4S.C2H6.H2/c1-20(24-10-8-14-39(24)5)43-27-15-26(42-19-32(38(3)4)17-41-18-32)36-31(37-27)29(35)22-9-6-12-33(30(22)40)13-7-11-25-28(33)23(16-34)21(2)44-25;1-2;/h15,20,24H,6-14,17-19,35H2,1-5H3;1-2H3;1H/b29-22-;;/t20-,24?,33-;;/m0../s1. The molecular weight excluding hydrogens is 600 g/mol. The van der Waals surface area contributed by atoms with E-state index in [1.165, 1.54) is 4.88 Å². The molecule has 46 heavy (non-hydrogen) atoms. The van der Waals surface area contributed by atoms with Crippen LogP contribution in [0, 0.1) is 18.3 Å². The van der Waals surface area contributed by atoms with Crippen molar-refractivity contribution >= 4 is 22.8 Å². The molecule has 3 fully saturated rings. The number of hydrogen-bond acceptors (Lipinski definition) is 11. The fraction of sp³-hybridized carbons (Fsp3) is 0.657. The summed E-state index contributed by atoms with van der Waals surface area (Å²) in [6.45, 7) is 10.6. The van der Waals surface area contributed by atoms with Gasteiger partial charge >= 0.3 is 0 Å². The molecule has 4 heterocycles. The molecule has 1 saturated carbocycles. The summed E-state index contributed by atoms with van der Waals surface area (Å²) in [6.07, 6.45) is 6.70. The van der Waals surface area contributed by atoms with Crippen LogP contribution in [0.3, 0.4) is 0 Å². The van der Waals surface area contributed by atoms with E-state index >= 15 is 0 Å². The van der Waals surface area contributed by atoms with E-state index in [1.807, 2.05) is 34.9 Å². The Morgan fingerprint density at radius 2 is 1.93 bits per heavy atom. The Morgan fingerprint density at radius 1 is 1.24 bits per heavy atom. The number of carbonyl (C=O) groups excluding carboxylic acids is 1. The lowest BCUT2D eigenvalue weighted by Crippen LogP contribution is -2.63. The molecule has 0 amide bonds. The molecule has 2 aliphatic heterocycles. The van der Waals surface area contributed by atoms with Gasteiger partial charge in [0.15, 0.2) is 11.6 Å². The van der Waals surface area contributed by atoms with Gasteiger partial charge in [-0.1, -0.05) is 13.8 Å². The minimum absolute atomic E-state index is 0. The van der Waals surface area contributed by atoms with Crippen LogP contribution in [-0.4, -0.2) is 90.7 Å². The van der Waals surface area contributed by atoms with E-state index in [-0.39, 0.29) is 36.4 Å². The fourth-order valence-corrected chi connectivity index (χ4v) is 8.79. The average Bonchev–Trinajstić information content (AvgIpc) is 3.60. The van der Waals surface area contributed by atoms with E-state index in [0.717, 1.165) is 61.9 Å². The van der Waals surface area contributed by atoms with Crippen LogP contribution in [0.1, 0.15) is 93.8 Å². The summed E-state index contributed by atoms with van der Waals surface area (Å²) in [5.74, 6) is 0.981. The number of likely N-dealkylation sites (N-methyl/N-ethyl adjacent to an activating group) is 2. The smallest absolute Gasteiger partial charge is 0.221 e. The number of hydrogen-bond donors (Lipinski definition) is 1. The third kappa shape index (κ3) is 6.17. The number of fused-ring (bicyclic) bond motifs is 2. The summed E-state index contributed by atoms with van der Waals surface area (Å²) in [4.78, 5) is 30.6. The van der Waals surface area contributed by atoms with Crippen LogP contribution >= 0.6 is 11.3 Å². The van der Waals surface area contributed by atoms with Gasteiger partial charge in [-0.3, -0.25) is 14.6 Å². The van der Waals surface area contributed by atoms with Crippen molar-refractivity contribution in [1.82, 2.24) is 19.8 Å². The number of carbonyl (C=O) groups is 1. The first-order valence-electron chi connectivity index (χ1n) is 16.8. The van der Waals surface area contributed by atoms with Crippen LogP contribution in [0.4, 0.5) is 0 Å². The van der Waals surface area contributed by atoms with Crippen LogP contribution in [0.2, 0.25) is 0 Å². The second kappa shape index (κ2) is 14.0. The lowest BCUT2D eigenvalue weighted by molar-refractivity contribution is -0.141. The molecular formula is C35H52N6O4S. The quantitative estimate of drug-likeness (QED) is 0.378. The van der Waals surface area contributed by atoms with Gasteiger partial charge in [-0.2, -0.15) is 15.2 Å². The van der Waals surface area contributed by atoms with Crippen LogP contribution in [0.25, 0.3) is 5.70 Å². The van der Waals surface area contributed by atoms with Crippen LogP contribution in [0.5, 0.6) is 11.8 Å². The minimum atomic E-state index is -0.723. The van der Waals surface area contributed by atoms with Crippen molar-refractivity contribution in [3.63, 3.8) is 0 Å². The third-order valence-corrected chi connectivity index (χ3v) is 11.5. The first-order valence-corrected chi connectivity index (χ1v) is 17.6. The maximum absolute atomic E-state index is 14.5. The Balaban J connectivity index is 0.00000164. The van der Waals surface area contributed by atoms with Gasteiger partial charge < -0.3 is 19.9 Å². The summed E-state index contributed by atoms with van der Waals surface area (Å²) in [5.41, 5.74) is 8.31. The monoisotopic (exact) mass is 652 g/mol. The van der Waals surface area contributed by atoms with E-state index in [2.05, 4.69) is 29.8 Å². The fourth-order valence-electron chi connectivity index (χ4n) is 7.52. The molecule has 0 bridgehead atoms. The van der Waals surface area contributed by atoms with Crippen molar-refractivity contribution in [3.8, 4) is 17.8 Å². The molecule has 252 valence electrons. The Morgan fingerprint density at radius 3 is 2.54 bits per heavy atom. The van der Waals surface area contributed by atoms with E-state index in [4.69, 9.17) is 29.9 Å². The number of aryl methyl sites for hydroxylation is 2. The highest BCUT2D eigenvalue weighted by Gasteiger charge is 2.49. The lowest BCUT2D eigenvalue weighted by Gasteiger charge is -2.45. The number of nitrogens with zero attached hydrogens (tertiary/aromatic N) is 5. The van der Waals surface area contributed by atoms with Gasteiger partial charge in [0.05, 0.1) is 36.0 Å². The summed E-state index contributed by atoms with van der Waals surface area (Å²) in [7, 11) is 6.15. The van der Waals surface area contributed by atoms with Crippen molar-refractivity contribution < 1.29 is 20.4 Å². The number of ether oxygens (including phenoxy) is 3. The molecule has 11 heteroatoms. The molecule has 1 spiro atoms.